The number of hydrogen-bond acceptors (Lipinski definition) is 6. The van der Waals surface area contributed by atoms with E-state index in [1.54, 1.807) is 0 Å². The van der Waals surface area contributed by atoms with Gasteiger partial charge in [0.15, 0.2) is 0 Å². The van der Waals surface area contributed by atoms with E-state index < -0.39 is 38.2 Å². The molecule has 6 nitrogen and oxygen atoms in total. The molecule has 162 valence electrons. The number of hydrogen-bond donors (Lipinski definition) is 0. The van der Waals surface area contributed by atoms with Gasteiger partial charge in [-0.25, -0.2) is 0 Å². The molecule has 0 heterocycles. The Morgan fingerprint density at radius 3 is 0.929 bits per heavy atom. The van der Waals surface area contributed by atoms with E-state index in [0.717, 1.165) is 11.5 Å². The fraction of sp³-hybridized carbons (Fsp3) is 0.500. The Bertz CT molecular complexity index is 449. The van der Waals surface area contributed by atoms with E-state index in [-0.39, 0.29) is 12.2 Å². The molecule has 1 rings (SSSR count). The molecule has 0 saturated carbocycles. The van der Waals surface area contributed by atoms with Gasteiger partial charge in [0.05, 0.1) is 0 Å². The molecule has 2 unspecified atom stereocenters. The molecule has 0 aromatic heterocycles. The van der Waals surface area contributed by atoms with Gasteiger partial charge in [-0.05, 0) is 36.5 Å². The monoisotopic (exact) mass is 466 g/mol. The summed E-state index contributed by atoms with van der Waals surface area (Å²) in [5.74, 6) is 4.44. The van der Waals surface area contributed by atoms with Crippen molar-refractivity contribution in [3.63, 3.8) is 0 Å². The molecular formula is C20H34O6Ti2-4. The van der Waals surface area contributed by atoms with Crippen LogP contribution >= 0.6 is 0 Å². The summed E-state index contributed by atoms with van der Waals surface area (Å²) in [6, 6.07) is 7.44. The second-order valence-electron chi connectivity index (χ2n) is 6.50. The van der Waals surface area contributed by atoms with Gasteiger partial charge in [0.25, 0.3) is 0 Å². The minimum absolute atomic E-state index is 0.0477. The van der Waals surface area contributed by atoms with Gasteiger partial charge in [-0.3, -0.25) is 0 Å². The molecule has 0 spiro atoms. The topological polar surface area (TPSA) is 86.7 Å². The predicted molar refractivity (Wildman–Crippen MR) is 101 cm³/mol. The molecule has 0 amide bonds. The number of ether oxygens (including phenoxy) is 2. The van der Waals surface area contributed by atoms with Crippen LogP contribution in [-0.4, -0.2) is 12.2 Å². The molecular weight excluding hydrogens is 432 g/mol. The molecule has 0 N–H and O–H groups in total. The molecule has 1 aromatic rings. The van der Waals surface area contributed by atoms with Crippen LogP contribution in [0.1, 0.15) is 55.4 Å². The van der Waals surface area contributed by atoms with Gasteiger partial charge in [-0.1, -0.05) is 13.8 Å². The van der Waals surface area contributed by atoms with Crippen molar-refractivity contribution in [2.24, 2.45) is 0 Å². The summed E-state index contributed by atoms with van der Waals surface area (Å²) in [4.78, 5) is 0. The van der Waals surface area contributed by atoms with Gasteiger partial charge in [-0.15, -0.1) is 0 Å². The second kappa shape index (κ2) is 26.4. The van der Waals surface area contributed by atoms with E-state index in [1.165, 1.54) is 11.8 Å². The molecule has 0 radical (unpaired) electrons. The van der Waals surface area contributed by atoms with E-state index in [0.29, 0.717) is 0 Å². The number of rotatable bonds is 4. The van der Waals surface area contributed by atoms with Gasteiger partial charge in [0.2, 0.25) is 0 Å². The third kappa shape index (κ3) is 50.0. The van der Waals surface area contributed by atoms with Crippen molar-refractivity contribution in [3.8, 4) is 11.5 Å². The van der Waals surface area contributed by atoms with Crippen LogP contribution in [-0.2, 0) is 51.5 Å². The van der Waals surface area contributed by atoms with Crippen molar-refractivity contribution in [1.29, 1.82) is 0 Å². The van der Waals surface area contributed by atoms with Gasteiger partial charge in [-0.2, -0.15) is 41.5 Å². The average molecular weight is 466 g/mol. The summed E-state index contributed by atoms with van der Waals surface area (Å²) < 4.78 is 44.8. The number of benzene rings is 1. The van der Waals surface area contributed by atoms with Crippen molar-refractivity contribution in [2.75, 3.05) is 0 Å². The van der Waals surface area contributed by atoms with Crippen molar-refractivity contribution in [1.82, 2.24) is 0 Å². The predicted octanol–water partition coefficient (Wildman–Crippen LogP) is 5.65. The SMILES string of the molecule is C[C-](C)C.C[C-](C)C.[CH2-]C(C)Oc1ccc(OC([CH2-])C)cc1.[O]=[Ti]=[O].[O]=[Ti]=[O]. The van der Waals surface area contributed by atoms with Crippen LogP contribution in [0.5, 0.6) is 11.5 Å². The molecule has 8 heteroatoms. The van der Waals surface area contributed by atoms with Crippen LogP contribution in [0.15, 0.2) is 24.3 Å². The molecule has 0 fully saturated rings. The van der Waals surface area contributed by atoms with Gasteiger partial charge in [0, 0.05) is 0 Å². The van der Waals surface area contributed by atoms with Crippen LogP contribution in [0.3, 0.4) is 0 Å². The first kappa shape index (κ1) is 34.9. The maximum absolute atomic E-state index is 8.50. The summed E-state index contributed by atoms with van der Waals surface area (Å²) in [6.07, 6.45) is -0.0953. The summed E-state index contributed by atoms with van der Waals surface area (Å²) in [5.41, 5.74) is 0. The first-order valence-corrected chi connectivity index (χ1v) is 11.0. The molecule has 0 aliphatic rings. The third-order valence-corrected chi connectivity index (χ3v) is 1.50. The van der Waals surface area contributed by atoms with Crippen molar-refractivity contribution < 1.29 is 61.0 Å². The fourth-order valence-corrected chi connectivity index (χ4v) is 1.06. The fourth-order valence-electron chi connectivity index (χ4n) is 1.06. The molecule has 0 aliphatic carbocycles. The molecule has 2 atom stereocenters. The van der Waals surface area contributed by atoms with E-state index in [4.69, 9.17) is 22.8 Å². The Hall–Kier alpha value is -0.551. The molecule has 1 aromatic carbocycles. The Balaban J connectivity index is -0.000000169. The molecule has 0 aliphatic heterocycles. The van der Waals surface area contributed by atoms with Crippen molar-refractivity contribution in [2.45, 2.75) is 67.6 Å². The van der Waals surface area contributed by atoms with Gasteiger partial charge < -0.3 is 35.2 Å². The van der Waals surface area contributed by atoms with Crippen LogP contribution < -0.4 is 9.47 Å². The summed E-state index contributed by atoms with van der Waals surface area (Å²) >= 11 is -4.00. The first-order chi connectivity index (χ1) is 12.9. The normalized spacial score (nSPS) is 10.4. The zero-order valence-corrected chi connectivity index (χ0v) is 21.5. The van der Waals surface area contributed by atoms with Crippen molar-refractivity contribution >= 4 is 0 Å². The minimum atomic E-state index is -2.00. The van der Waals surface area contributed by atoms with Crippen LogP contribution in [0, 0.1) is 25.7 Å². The van der Waals surface area contributed by atoms with E-state index in [2.05, 4.69) is 55.4 Å². The Labute approximate surface area is 189 Å². The van der Waals surface area contributed by atoms with Crippen molar-refractivity contribution in [3.05, 3.63) is 49.9 Å². The Morgan fingerprint density at radius 1 is 0.679 bits per heavy atom. The van der Waals surface area contributed by atoms with E-state index in [9.17, 15) is 0 Å². The van der Waals surface area contributed by atoms with Crippen LogP contribution in [0.2, 0.25) is 0 Å². The standard InChI is InChI=1S/C12H16O2.2C4H9.4O.2Ti/c1-9(2)13-11-5-7-12(8-6-11)14-10(3)4;2*1-4(2)3;;;;;;/h5-10H,1,3H2,2,4H3;2*1-3H3;;;;;;/q-2;2*-1;;;;;;. The maximum atomic E-state index is 8.50. The Morgan fingerprint density at radius 2 is 0.821 bits per heavy atom. The zero-order chi connectivity index (χ0) is 23.1. The molecule has 28 heavy (non-hydrogen) atoms. The summed E-state index contributed by atoms with van der Waals surface area (Å²) in [6.45, 7) is 23.8. The summed E-state index contributed by atoms with van der Waals surface area (Å²) in [7, 11) is 0. The van der Waals surface area contributed by atoms with Gasteiger partial charge >= 0.3 is 51.5 Å². The summed E-state index contributed by atoms with van der Waals surface area (Å²) in [5, 5.41) is 0. The van der Waals surface area contributed by atoms with Gasteiger partial charge in [0.1, 0.15) is 11.5 Å². The van der Waals surface area contributed by atoms with Crippen LogP contribution in [0.4, 0.5) is 0 Å². The van der Waals surface area contributed by atoms with Crippen LogP contribution in [0.25, 0.3) is 0 Å². The van der Waals surface area contributed by atoms with E-state index in [1.807, 2.05) is 38.1 Å². The second-order valence-corrected chi connectivity index (χ2v) is 7.02. The zero-order valence-electron chi connectivity index (χ0n) is 18.3. The van der Waals surface area contributed by atoms with E-state index >= 15 is 0 Å². The Kier molecular flexibility index (Phi) is 33.0. The third-order valence-electron chi connectivity index (χ3n) is 1.50. The molecule has 0 bridgehead atoms. The molecule has 0 saturated heterocycles. The average Bonchev–Trinajstić information content (AvgIpc) is 2.48. The first-order valence-electron chi connectivity index (χ1n) is 8.49. The quantitative estimate of drug-likeness (QED) is 0.421.